The Bertz CT molecular complexity index is 560. The van der Waals surface area contributed by atoms with Crippen molar-refractivity contribution in [2.75, 3.05) is 12.0 Å². The lowest BCUT2D eigenvalue weighted by Crippen LogP contribution is -2.33. The number of nitrogens with zero attached hydrogens (tertiary/aromatic N) is 2. The minimum absolute atomic E-state index is 0.0189. The zero-order chi connectivity index (χ0) is 14.3. The molecular weight excluding hydrogens is 260 g/mol. The van der Waals surface area contributed by atoms with Gasteiger partial charge in [-0.15, -0.1) is 0 Å². The Kier molecular flexibility index (Phi) is 3.08. The number of anilines is 1. The minimum atomic E-state index is -0.732. The summed E-state index contributed by atoms with van der Waals surface area (Å²) in [5.74, 6) is -1.53. The van der Waals surface area contributed by atoms with Crippen LogP contribution in [-0.4, -0.2) is 41.2 Å². The molecule has 2 fully saturated rings. The Balaban J connectivity index is 1.90. The maximum Gasteiger partial charge on any atom is 0.356 e. The van der Waals surface area contributed by atoms with E-state index in [2.05, 4.69) is 14.6 Å². The van der Waals surface area contributed by atoms with Gasteiger partial charge in [0.1, 0.15) is 5.69 Å². The quantitative estimate of drug-likeness (QED) is 0.838. The molecule has 2 bridgehead atoms. The van der Waals surface area contributed by atoms with Crippen molar-refractivity contribution < 1.29 is 19.4 Å². The summed E-state index contributed by atoms with van der Waals surface area (Å²) in [5, 5.41) is 9.27. The van der Waals surface area contributed by atoms with E-state index in [0.29, 0.717) is 6.42 Å². The summed E-state index contributed by atoms with van der Waals surface area (Å²) in [4.78, 5) is 28.9. The molecule has 1 aromatic heterocycles. The average Bonchev–Trinajstić information content (AvgIpc) is 3.04. The van der Waals surface area contributed by atoms with Crippen molar-refractivity contribution in [3.05, 3.63) is 24.0 Å². The first-order chi connectivity index (χ1) is 9.61. The third-order valence-corrected chi connectivity index (χ3v) is 4.29. The van der Waals surface area contributed by atoms with Gasteiger partial charge in [-0.1, -0.05) is 0 Å². The Morgan fingerprint density at radius 1 is 1.45 bits per heavy atom. The predicted octanol–water partition coefficient (Wildman–Crippen LogP) is 1.31. The van der Waals surface area contributed by atoms with Crippen LogP contribution in [0.2, 0.25) is 0 Å². The largest absolute Gasteiger partial charge is 0.481 e. The number of hydrogen-bond acceptors (Lipinski definition) is 5. The Morgan fingerprint density at radius 2 is 2.25 bits per heavy atom. The van der Waals surface area contributed by atoms with Crippen LogP contribution in [0.1, 0.15) is 29.8 Å². The number of ether oxygens (including phenoxy) is 1. The molecule has 2 aliphatic rings. The third-order valence-electron chi connectivity index (χ3n) is 4.29. The molecule has 3 heterocycles. The van der Waals surface area contributed by atoms with Crippen LogP contribution in [0.25, 0.3) is 0 Å². The van der Waals surface area contributed by atoms with Crippen molar-refractivity contribution >= 4 is 17.6 Å². The highest BCUT2D eigenvalue weighted by Crippen LogP contribution is 2.44. The highest BCUT2D eigenvalue weighted by molar-refractivity contribution is 5.88. The highest BCUT2D eigenvalue weighted by atomic mass is 16.5. The van der Waals surface area contributed by atoms with Gasteiger partial charge in [0.05, 0.1) is 13.0 Å². The molecule has 0 saturated carbocycles. The maximum atomic E-state index is 11.5. The van der Waals surface area contributed by atoms with Gasteiger partial charge in [-0.3, -0.25) is 4.79 Å². The van der Waals surface area contributed by atoms with E-state index in [9.17, 15) is 14.7 Å². The molecule has 3 rings (SSSR count). The number of carbonyl (C=O) groups excluding carboxylic acids is 1. The normalized spacial score (nSPS) is 27.6. The molecule has 1 aromatic rings. The van der Waals surface area contributed by atoms with E-state index in [0.717, 1.165) is 18.5 Å². The molecule has 3 unspecified atom stereocenters. The number of carbonyl (C=O) groups is 2. The molecule has 6 nitrogen and oxygen atoms in total. The summed E-state index contributed by atoms with van der Waals surface area (Å²) >= 11 is 0. The van der Waals surface area contributed by atoms with Crippen molar-refractivity contribution in [1.29, 1.82) is 0 Å². The molecule has 1 N–H and O–H groups in total. The fourth-order valence-corrected chi connectivity index (χ4v) is 3.45. The summed E-state index contributed by atoms with van der Waals surface area (Å²) in [6.07, 6.45) is 4.13. The number of carboxylic acids is 1. The summed E-state index contributed by atoms with van der Waals surface area (Å²) in [6.45, 7) is 0. The van der Waals surface area contributed by atoms with Crippen molar-refractivity contribution in [3.63, 3.8) is 0 Å². The molecule has 0 amide bonds. The number of esters is 1. The molecule has 106 valence electrons. The third kappa shape index (κ3) is 1.92. The van der Waals surface area contributed by atoms with Gasteiger partial charge in [-0.25, -0.2) is 9.78 Å². The van der Waals surface area contributed by atoms with E-state index in [1.165, 1.54) is 7.11 Å². The summed E-state index contributed by atoms with van der Waals surface area (Å²) < 4.78 is 4.67. The smallest absolute Gasteiger partial charge is 0.356 e. The van der Waals surface area contributed by atoms with Crippen LogP contribution >= 0.6 is 0 Å². The van der Waals surface area contributed by atoms with Crippen molar-refractivity contribution in [1.82, 2.24) is 4.98 Å². The van der Waals surface area contributed by atoms with E-state index in [-0.39, 0.29) is 23.7 Å². The van der Waals surface area contributed by atoms with Crippen LogP contribution in [0, 0.1) is 5.92 Å². The van der Waals surface area contributed by atoms with Gasteiger partial charge in [0.2, 0.25) is 0 Å². The molecule has 0 aliphatic carbocycles. The second-order valence-corrected chi connectivity index (χ2v) is 5.28. The van der Waals surface area contributed by atoms with Crippen LogP contribution in [-0.2, 0) is 9.53 Å². The van der Waals surface area contributed by atoms with E-state index in [1.54, 1.807) is 12.3 Å². The molecule has 6 heteroatoms. The van der Waals surface area contributed by atoms with Gasteiger partial charge in [0, 0.05) is 24.0 Å². The maximum absolute atomic E-state index is 11.5. The van der Waals surface area contributed by atoms with E-state index < -0.39 is 11.9 Å². The number of rotatable bonds is 3. The summed E-state index contributed by atoms with van der Waals surface area (Å²) in [6, 6.07) is 3.77. The Hall–Kier alpha value is -2.11. The predicted molar refractivity (Wildman–Crippen MR) is 70.6 cm³/mol. The van der Waals surface area contributed by atoms with E-state index >= 15 is 0 Å². The first-order valence-electron chi connectivity index (χ1n) is 6.67. The Morgan fingerprint density at radius 3 is 2.90 bits per heavy atom. The zero-order valence-corrected chi connectivity index (χ0v) is 11.2. The molecule has 0 spiro atoms. The minimum Gasteiger partial charge on any atom is -0.481 e. The number of aromatic nitrogens is 1. The average molecular weight is 276 g/mol. The van der Waals surface area contributed by atoms with Crippen molar-refractivity contribution in [2.24, 2.45) is 5.92 Å². The van der Waals surface area contributed by atoms with Gasteiger partial charge in [-0.2, -0.15) is 0 Å². The molecule has 2 aliphatic heterocycles. The van der Waals surface area contributed by atoms with Crippen LogP contribution in [0.4, 0.5) is 5.69 Å². The van der Waals surface area contributed by atoms with Gasteiger partial charge in [0.15, 0.2) is 0 Å². The number of aliphatic carboxylic acids is 1. The monoisotopic (exact) mass is 276 g/mol. The zero-order valence-electron chi connectivity index (χ0n) is 11.2. The molecule has 0 aromatic carbocycles. The first kappa shape index (κ1) is 12.9. The number of pyridine rings is 1. The van der Waals surface area contributed by atoms with Crippen LogP contribution in [0.15, 0.2) is 18.3 Å². The number of hydrogen-bond donors (Lipinski definition) is 1. The van der Waals surface area contributed by atoms with Gasteiger partial charge < -0.3 is 14.7 Å². The lowest BCUT2D eigenvalue weighted by Gasteiger charge is -2.25. The molecular formula is C14H16N2O4. The number of carboxylic acid groups (broad SMARTS) is 1. The van der Waals surface area contributed by atoms with Crippen molar-refractivity contribution in [2.45, 2.75) is 31.3 Å². The summed E-state index contributed by atoms with van der Waals surface area (Å²) in [5.41, 5.74) is 1.11. The Labute approximate surface area is 116 Å². The molecule has 0 radical (unpaired) electrons. The second kappa shape index (κ2) is 4.77. The SMILES string of the molecule is COC(=O)c1cc(N2C3CCC2C(C(=O)O)C3)ccn1. The van der Waals surface area contributed by atoms with Gasteiger partial charge in [-0.05, 0) is 31.4 Å². The topological polar surface area (TPSA) is 79.7 Å². The number of methoxy groups -OCH3 is 1. The molecule has 3 atom stereocenters. The second-order valence-electron chi connectivity index (χ2n) is 5.28. The first-order valence-corrected chi connectivity index (χ1v) is 6.67. The van der Waals surface area contributed by atoms with Crippen molar-refractivity contribution in [3.8, 4) is 0 Å². The molecule has 2 saturated heterocycles. The fourth-order valence-electron chi connectivity index (χ4n) is 3.45. The lowest BCUT2D eigenvalue weighted by molar-refractivity contribution is -0.142. The van der Waals surface area contributed by atoms with Gasteiger partial charge >= 0.3 is 11.9 Å². The fraction of sp³-hybridized carbons (Fsp3) is 0.500. The van der Waals surface area contributed by atoms with Gasteiger partial charge in [0.25, 0.3) is 0 Å². The summed E-state index contributed by atoms with van der Waals surface area (Å²) in [7, 11) is 1.32. The standard InChI is InChI=1S/C14H16N2O4/c1-20-14(19)11-7-9(4-5-15-11)16-8-2-3-12(16)10(6-8)13(17)18/h4-5,7-8,10,12H,2-3,6H2,1H3,(H,17,18). The van der Waals surface area contributed by atoms with E-state index in [1.807, 2.05) is 6.07 Å². The molecule has 20 heavy (non-hydrogen) atoms. The highest BCUT2D eigenvalue weighted by Gasteiger charge is 2.49. The number of fused-ring (bicyclic) bond motifs is 2. The van der Waals surface area contributed by atoms with Crippen LogP contribution in [0.3, 0.4) is 0 Å². The van der Waals surface area contributed by atoms with Crippen LogP contribution in [0.5, 0.6) is 0 Å². The van der Waals surface area contributed by atoms with E-state index in [4.69, 9.17) is 0 Å². The lowest BCUT2D eigenvalue weighted by atomic mass is 9.89. The van der Waals surface area contributed by atoms with Crippen LogP contribution < -0.4 is 4.90 Å².